The number of alkyl halides is 3. The number of ether oxygens (including phenoxy) is 1. The van der Waals surface area contributed by atoms with Crippen molar-refractivity contribution in [3.63, 3.8) is 0 Å². The second kappa shape index (κ2) is 6.61. The molecule has 0 fully saturated rings. The van der Waals surface area contributed by atoms with Crippen LogP contribution in [0.25, 0.3) is 0 Å². The van der Waals surface area contributed by atoms with Gasteiger partial charge in [0.25, 0.3) is 0 Å². The Balaban J connectivity index is 4.70. The monoisotopic (exact) mass is 258 g/mol. The molecule has 0 rings (SSSR count). The molecule has 0 saturated heterocycles. The number of rotatable bonds is 7. The van der Waals surface area contributed by atoms with Crippen LogP contribution in [0.5, 0.6) is 0 Å². The van der Waals surface area contributed by atoms with Gasteiger partial charge in [0, 0.05) is 6.61 Å². The van der Waals surface area contributed by atoms with E-state index in [9.17, 15) is 13.2 Å². The van der Waals surface area contributed by atoms with Gasteiger partial charge in [-0.1, -0.05) is 20.8 Å². The first-order valence-corrected chi connectivity index (χ1v) is 8.24. The van der Waals surface area contributed by atoms with Crippen molar-refractivity contribution in [1.82, 2.24) is 0 Å². The lowest BCUT2D eigenvalue weighted by atomic mass is 10.6. The Kier molecular flexibility index (Phi) is 6.58. The highest BCUT2D eigenvalue weighted by Gasteiger charge is 2.46. The van der Waals surface area contributed by atoms with Gasteiger partial charge in [-0.15, -0.1) is 0 Å². The molecule has 0 aromatic heterocycles. The summed E-state index contributed by atoms with van der Waals surface area (Å²) in [6.45, 7) is 7.21. The third kappa shape index (κ3) is 4.43. The fraction of sp³-hybridized carbons (Fsp3) is 1.00. The average Bonchev–Trinajstić information content (AvgIpc) is 2.23. The van der Waals surface area contributed by atoms with Gasteiger partial charge in [0.2, 0.25) is 6.29 Å². The van der Waals surface area contributed by atoms with Gasteiger partial charge in [0.15, 0.2) is 8.32 Å². The molecule has 16 heavy (non-hydrogen) atoms. The Bertz CT molecular complexity index is 185. The van der Waals surface area contributed by atoms with Crippen molar-refractivity contribution < 1.29 is 22.3 Å². The second-order valence-electron chi connectivity index (χ2n) is 3.69. The molecule has 6 heteroatoms. The highest BCUT2D eigenvalue weighted by Crippen LogP contribution is 2.31. The first kappa shape index (κ1) is 15.9. The van der Waals surface area contributed by atoms with Crippen molar-refractivity contribution in [2.24, 2.45) is 0 Å². The van der Waals surface area contributed by atoms with Gasteiger partial charge < -0.3 is 9.16 Å². The van der Waals surface area contributed by atoms with Crippen LogP contribution in [-0.2, 0) is 9.16 Å². The van der Waals surface area contributed by atoms with Gasteiger partial charge in [0.1, 0.15) is 0 Å². The van der Waals surface area contributed by atoms with Crippen molar-refractivity contribution in [3.8, 4) is 0 Å². The van der Waals surface area contributed by atoms with Crippen LogP contribution in [0.1, 0.15) is 27.7 Å². The molecular formula is C10H21F3O2Si. The predicted molar refractivity (Wildman–Crippen MR) is 59.8 cm³/mol. The molecule has 0 amide bonds. The van der Waals surface area contributed by atoms with E-state index in [0.29, 0.717) is 18.1 Å². The molecule has 1 unspecified atom stereocenters. The smallest absolute Gasteiger partial charge is 0.386 e. The van der Waals surface area contributed by atoms with Crippen LogP contribution in [0.4, 0.5) is 13.2 Å². The summed E-state index contributed by atoms with van der Waals surface area (Å²) in [5.74, 6) is 0. The van der Waals surface area contributed by atoms with Crippen LogP contribution >= 0.6 is 0 Å². The third-order valence-electron chi connectivity index (χ3n) is 2.88. The van der Waals surface area contributed by atoms with Crippen LogP contribution in [0.3, 0.4) is 0 Å². The van der Waals surface area contributed by atoms with Crippen molar-refractivity contribution in [1.29, 1.82) is 0 Å². The molecule has 0 spiro atoms. The van der Waals surface area contributed by atoms with E-state index < -0.39 is 20.8 Å². The van der Waals surface area contributed by atoms with E-state index in [1.165, 1.54) is 6.92 Å². The topological polar surface area (TPSA) is 18.5 Å². The first-order valence-electron chi connectivity index (χ1n) is 5.71. The lowest BCUT2D eigenvalue weighted by Crippen LogP contribution is -2.46. The predicted octanol–water partition coefficient (Wildman–Crippen LogP) is 3.93. The lowest BCUT2D eigenvalue weighted by Gasteiger charge is -2.33. The maximum atomic E-state index is 12.6. The van der Waals surface area contributed by atoms with Gasteiger partial charge >= 0.3 is 6.18 Å². The number of halogens is 3. The van der Waals surface area contributed by atoms with E-state index in [2.05, 4.69) is 4.74 Å². The van der Waals surface area contributed by atoms with Crippen molar-refractivity contribution in [3.05, 3.63) is 0 Å². The summed E-state index contributed by atoms with van der Waals surface area (Å²) in [5.41, 5.74) is 0. The van der Waals surface area contributed by atoms with Crippen molar-refractivity contribution >= 4 is 8.32 Å². The second-order valence-corrected chi connectivity index (χ2v) is 8.41. The van der Waals surface area contributed by atoms with E-state index in [1.807, 2.05) is 20.8 Å². The van der Waals surface area contributed by atoms with Gasteiger partial charge in [-0.25, -0.2) is 0 Å². The highest BCUT2D eigenvalue weighted by molar-refractivity contribution is 6.73. The molecule has 0 aliphatic carbocycles. The Hall–Kier alpha value is -0.0731. The summed E-state index contributed by atoms with van der Waals surface area (Å²) in [5, 5.41) is 0. The maximum Gasteiger partial charge on any atom is 0.439 e. The normalized spacial score (nSPS) is 15.2. The van der Waals surface area contributed by atoms with Crippen molar-refractivity contribution in [2.45, 2.75) is 58.3 Å². The third-order valence-corrected chi connectivity index (χ3v) is 7.46. The minimum absolute atomic E-state index is 0.00575. The maximum absolute atomic E-state index is 12.6. The Morgan fingerprint density at radius 1 is 1.00 bits per heavy atom. The molecule has 0 saturated carbocycles. The molecule has 0 radical (unpaired) electrons. The molecule has 0 N–H and O–H groups in total. The summed E-state index contributed by atoms with van der Waals surface area (Å²) in [6, 6.07) is 2.04. The van der Waals surface area contributed by atoms with Gasteiger partial charge in [-0.2, -0.15) is 13.2 Å². The lowest BCUT2D eigenvalue weighted by molar-refractivity contribution is -0.285. The van der Waals surface area contributed by atoms with E-state index in [0.717, 1.165) is 0 Å². The summed E-state index contributed by atoms with van der Waals surface area (Å²) >= 11 is 0. The van der Waals surface area contributed by atoms with Crippen LogP contribution < -0.4 is 0 Å². The fourth-order valence-electron chi connectivity index (χ4n) is 1.57. The van der Waals surface area contributed by atoms with Gasteiger partial charge in [-0.3, -0.25) is 0 Å². The van der Waals surface area contributed by atoms with Crippen LogP contribution in [-0.4, -0.2) is 27.4 Å². The minimum atomic E-state index is -4.44. The van der Waals surface area contributed by atoms with Crippen LogP contribution in [0.2, 0.25) is 18.1 Å². The summed E-state index contributed by atoms with van der Waals surface area (Å²) in [7, 11) is -2.27. The molecule has 1 atom stereocenters. The molecule has 0 bridgehead atoms. The quantitative estimate of drug-likeness (QED) is 0.509. The SMILES string of the molecule is CCOC(O[Si](CC)(CC)CC)C(F)(F)F. The zero-order chi connectivity index (χ0) is 12.8. The fourth-order valence-corrected chi connectivity index (χ4v) is 4.23. The molecule has 0 aromatic rings. The summed E-state index contributed by atoms with van der Waals surface area (Å²) in [4.78, 5) is 0. The average molecular weight is 258 g/mol. The zero-order valence-electron chi connectivity index (χ0n) is 10.4. The summed E-state index contributed by atoms with van der Waals surface area (Å²) < 4.78 is 47.8. The van der Waals surface area contributed by atoms with E-state index in [4.69, 9.17) is 4.43 Å². The Morgan fingerprint density at radius 3 is 1.69 bits per heavy atom. The molecule has 0 aliphatic heterocycles. The molecule has 0 aromatic carbocycles. The van der Waals surface area contributed by atoms with Gasteiger partial charge in [0.05, 0.1) is 0 Å². The molecule has 0 heterocycles. The molecule has 0 aliphatic rings. The zero-order valence-corrected chi connectivity index (χ0v) is 11.4. The van der Waals surface area contributed by atoms with E-state index >= 15 is 0 Å². The Morgan fingerprint density at radius 2 is 1.44 bits per heavy atom. The summed E-state index contributed by atoms with van der Waals surface area (Å²) in [6.07, 6.45) is -6.49. The van der Waals surface area contributed by atoms with Gasteiger partial charge in [-0.05, 0) is 25.1 Å². The van der Waals surface area contributed by atoms with Crippen LogP contribution in [0.15, 0.2) is 0 Å². The Labute approximate surface area is 96.3 Å². The standard InChI is InChI=1S/C10H21F3O2Si/c1-5-14-9(10(11,12)13)15-16(6-2,7-3)8-4/h9H,5-8H2,1-4H3. The van der Waals surface area contributed by atoms with E-state index in [-0.39, 0.29) is 6.61 Å². The van der Waals surface area contributed by atoms with Crippen molar-refractivity contribution in [2.75, 3.05) is 6.61 Å². The van der Waals surface area contributed by atoms with E-state index in [1.54, 1.807) is 0 Å². The van der Waals surface area contributed by atoms with Crippen LogP contribution in [0, 0.1) is 0 Å². The number of hydrogen-bond acceptors (Lipinski definition) is 2. The minimum Gasteiger partial charge on any atom is -0.386 e. The molecular weight excluding hydrogens is 237 g/mol. The number of hydrogen-bond donors (Lipinski definition) is 0. The molecule has 2 nitrogen and oxygen atoms in total. The first-order chi connectivity index (χ1) is 7.35. The largest absolute Gasteiger partial charge is 0.439 e. The molecule has 98 valence electrons. The highest BCUT2D eigenvalue weighted by atomic mass is 28.4.